The van der Waals surface area contributed by atoms with Crippen LogP contribution in [0.4, 0.5) is 0 Å². The molecule has 3 aliphatic rings. The fourth-order valence-electron chi connectivity index (χ4n) is 4.22. The SMILES string of the molecule is COc1ncccc1CN1C[C@@H]2C[C@H](CC(=O)NC3CCC3)O[C@@H]2C1. The number of nitrogens with zero attached hydrogens (tertiary/aromatic N) is 2. The molecule has 4 rings (SSSR count). The number of amides is 1. The zero-order valence-electron chi connectivity index (χ0n) is 14.8. The summed E-state index contributed by atoms with van der Waals surface area (Å²) in [7, 11) is 1.66. The smallest absolute Gasteiger partial charge is 0.222 e. The van der Waals surface area contributed by atoms with Crippen LogP contribution in [0.5, 0.6) is 5.88 Å². The van der Waals surface area contributed by atoms with Gasteiger partial charge in [0.2, 0.25) is 11.8 Å². The second-order valence-corrected chi connectivity index (χ2v) is 7.56. The van der Waals surface area contributed by atoms with Crippen molar-refractivity contribution in [2.75, 3.05) is 20.2 Å². The van der Waals surface area contributed by atoms with Gasteiger partial charge in [-0.3, -0.25) is 9.69 Å². The van der Waals surface area contributed by atoms with Gasteiger partial charge in [0.1, 0.15) is 0 Å². The Labute approximate surface area is 148 Å². The highest BCUT2D eigenvalue weighted by molar-refractivity contribution is 5.76. The average Bonchev–Trinajstić information content (AvgIpc) is 3.09. The quantitative estimate of drug-likeness (QED) is 0.851. The van der Waals surface area contributed by atoms with Crippen molar-refractivity contribution in [2.45, 2.75) is 56.9 Å². The van der Waals surface area contributed by atoms with Crippen molar-refractivity contribution in [3.05, 3.63) is 23.9 Å². The Kier molecular flexibility index (Phi) is 4.90. The summed E-state index contributed by atoms with van der Waals surface area (Å²) in [5, 5.41) is 3.11. The second-order valence-electron chi connectivity index (χ2n) is 7.56. The van der Waals surface area contributed by atoms with Crippen molar-refractivity contribution in [2.24, 2.45) is 5.92 Å². The van der Waals surface area contributed by atoms with Gasteiger partial charge in [0, 0.05) is 43.4 Å². The summed E-state index contributed by atoms with van der Waals surface area (Å²) in [4.78, 5) is 18.7. The number of hydrogen-bond donors (Lipinski definition) is 1. The van der Waals surface area contributed by atoms with Crippen LogP contribution in [0.15, 0.2) is 18.3 Å². The normalized spacial score (nSPS) is 29.2. The maximum atomic E-state index is 12.1. The Morgan fingerprint density at radius 1 is 1.44 bits per heavy atom. The molecule has 6 heteroatoms. The molecule has 0 aromatic carbocycles. The molecule has 136 valence electrons. The van der Waals surface area contributed by atoms with Gasteiger partial charge in [-0.15, -0.1) is 0 Å². The van der Waals surface area contributed by atoms with Gasteiger partial charge in [0.25, 0.3) is 0 Å². The Bertz CT molecular complexity index is 606. The lowest BCUT2D eigenvalue weighted by Crippen LogP contribution is -2.40. The molecule has 0 spiro atoms. The van der Waals surface area contributed by atoms with E-state index in [0.29, 0.717) is 24.3 Å². The lowest BCUT2D eigenvalue weighted by atomic mass is 9.93. The topological polar surface area (TPSA) is 63.7 Å². The number of fused-ring (bicyclic) bond motifs is 1. The number of carbonyl (C=O) groups excluding carboxylic acids is 1. The highest BCUT2D eigenvalue weighted by Gasteiger charge is 2.42. The molecule has 1 N–H and O–H groups in total. The van der Waals surface area contributed by atoms with Crippen LogP contribution in [0.3, 0.4) is 0 Å². The molecule has 0 radical (unpaired) electrons. The van der Waals surface area contributed by atoms with E-state index in [4.69, 9.17) is 9.47 Å². The minimum Gasteiger partial charge on any atom is -0.481 e. The van der Waals surface area contributed by atoms with E-state index in [-0.39, 0.29) is 18.1 Å². The Balaban J connectivity index is 1.25. The zero-order chi connectivity index (χ0) is 17.2. The molecule has 3 heterocycles. The summed E-state index contributed by atoms with van der Waals surface area (Å²) < 4.78 is 11.5. The minimum atomic E-state index is 0.0881. The maximum Gasteiger partial charge on any atom is 0.222 e. The van der Waals surface area contributed by atoms with E-state index in [2.05, 4.69) is 21.3 Å². The summed E-state index contributed by atoms with van der Waals surface area (Å²) in [5.74, 6) is 1.39. The molecule has 1 saturated carbocycles. The number of aromatic nitrogens is 1. The predicted octanol–water partition coefficient (Wildman–Crippen LogP) is 1.74. The second kappa shape index (κ2) is 7.30. The largest absolute Gasteiger partial charge is 0.481 e. The monoisotopic (exact) mass is 345 g/mol. The van der Waals surface area contributed by atoms with Crippen LogP contribution >= 0.6 is 0 Å². The van der Waals surface area contributed by atoms with Gasteiger partial charge in [-0.1, -0.05) is 6.07 Å². The highest BCUT2D eigenvalue weighted by atomic mass is 16.5. The van der Waals surface area contributed by atoms with Gasteiger partial charge in [0.15, 0.2) is 0 Å². The van der Waals surface area contributed by atoms with Gasteiger partial charge in [0.05, 0.1) is 25.7 Å². The number of carbonyl (C=O) groups is 1. The molecular weight excluding hydrogens is 318 g/mol. The average molecular weight is 345 g/mol. The number of ether oxygens (including phenoxy) is 2. The third kappa shape index (κ3) is 3.80. The summed E-state index contributed by atoms with van der Waals surface area (Å²) in [6.45, 7) is 2.77. The van der Waals surface area contributed by atoms with E-state index in [1.165, 1.54) is 6.42 Å². The van der Waals surface area contributed by atoms with E-state index in [9.17, 15) is 4.79 Å². The van der Waals surface area contributed by atoms with E-state index < -0.39 is 0 Å². The standard InChI is InChI=1S/C19H27N3O3/c1-24-19-13(4-3-7-20-19)10-22-11-14-8-16(25-17(14)12-22)9-18(23)21-15-5-2-6-15/h3-4,7,14-17H,2,5-6,8-12H2,1H3,(H,21,23)/t14-,16+,17+/m0/s1. The Hall–Kier alpha value is -1.66. The Morgan fingerprint density at radius 3 is 3.04 bits per heavy atom. The van der Waals surface area contributed by atoms with Crippen LogP contribution in [0.25, 0.3) is 0 Å². The zero-order valence-corrected chi connectivity index (χ0v) is 14.8. The maximum absolute atomic E-state index is 12.1. The van der Waals surface area contributed by atoms with Crippen molar-refractivity contribution in [3.63, 3.8) is 0 Å². The summed E-state index contributed by atoms with van der Waals surface area (Å²) in [6.07, 6.45) is 7.11. The van der Waals surface area contributed by atoms with Crippen molar-refractivity contribution in [1.82, 2.24) is 15.2 Å². The molecule has 3 fully saturated rings. The van der Waals surface area contributed by atoms with Crippen molar-refractivity contribution in [3.8, 4) is 5.88 Å². The number of hydrogen-bond acceptors (Lipinski definition) is 5. The lowest BCUT2D eigenvalue weighted by Gasteiger charge is -2.27. The summed E-state index contributed by atoms with van der Waals surface area (Å²) in [6, 6.07) is 4.43. The highest BCUT2D eigenvalue weighted by Crippen LogP contribution is 2.35. The molecule has 2 aliphatic heterocycles. The predicted molar refractivity (Wildman–Crippen MR) is 93.2 cm³/mol. The van der Waals surface area contributed by atoms with E-state index in [0.717, 1.165) is 44.5 Å². The van der Waals surface area contributed by atoms with Gasteiger partial charge in [-0.05, 0) is 31.7 Å². The molecule has 1 amide bonds. The molecule has 25 heavy (non-hydrogen) atoms. The minimum absolute atomic E-state index is 0.0881. The van der Waals surface area contributed by atoms with Gasteiger partial charge >= 0.3 is 0 Å². The first kappa shape index (κ1) is 16.8. The fraction of sp³-hybridized carbons (Fsp3) is 0.684. The van der Waals surface area contributed by atoms with E-state index >= 15 is 0 Å². The van der Waals surface area contributed by atoms with Crippen LogP contribution in [0.2, 0.25) is 0 Å². The summed E-state index contributed by atoms with van der Waals surface area (Å²) in [5.41, 5.74) is 1.11. The fourth-order valence-corrected chi connectivity index (χ4v) is 4.22. The molecular formula is C19H27N3O3. The number of pyridine rings is 1. The summed E-state index contributed by atoms with van der Waals surface area (Å²) >= 11 is 0. The first-order chi connectivity index (χ1) is 12.2. The van der Waals surface area contributed by atoms with Crippen LogP contribution in [0, 0.1) is 5.92 Å². The van der Waals surface area contributed by atoms with Crippen molar-refractivity contribution < 1.29 is 14.3 Å². The van der Waals surface area contributed by atoms with Gasteiger partial charge in [-0.25, -0.2) is 4.98 Å². The van der Waals surface area contributed by atoms with E-state index in [1.807, 2.05) is 6.07 Å². The lowest BCUT2D eigenvalue weighted by molar-refractivity contribution is -0.125. The first-order valence-corrected chi connectivity index (χ1v) is 9.36. The molecule has 3 atom stereocenters. The Morgan fingerprint density at radius 2 is 2.32 bits per heavy atom. The van der Waals surface area contributed by atoms with Gasteiger partial charge < -0.3 is 14.8 Å². The molecule has 6 nitrogen and oxygen atoms in total. The first-order valence-electron chi connectivity index (χ1n) is 9.36. The molecule has 0 bridgehead atoms. The van der Waals surface area contributed by atoms with Gasteiger partial charge in [-0.2, -0.15) is 0 Å². The molecule has 1 aromatic heterocycles. The molecule has 2 saturated heterocycles. The number of likely N-dealkylation sites (tertiary alicyclic amines) is 1. The number of nitrogens with one attached hydrogen (secondary N) is 1. The number of rotatable bonds is 6. The van der Waals surface area contributed by atoms with Crippen molar-refractivity contribution >= 4 is 5.91 Å². The molecule has 1 aliphatic carbocycles. The molecule has 0 unspecified atom stereocenters. The van der Waals surface area contributed by atoms with Crippen LogP contribution in [-0.2, 0) is 16.1 Å². The third-order valence-electron chi connectivity index (χ3n) is 5.71. The number of methoxy groups -OCH3 is 1. The van der Waals surface area contributed by atoms with Crippen LogP contribution in [0.1, 0.15) is 37.7 Å². The van der Waals surface area contributed by atoms with E-state index in [1.54, 1.807) is 13.3 Å². The van der Waals surface area contributed by atoms with Crippen LogP contribution in [-0.4, -0.2) is 54.2 Å². The van der Waals surface area contributed by atoms with Crippen LogP contribution < -0.4 is 10.1 Å². The third-order valence-corrected chi connectivity index (χ3v) is 5.71. The molecule has 1 aromatic rings. The van der Waals surface area contributed by atoms with Crippen molar-refractivity contribution in [1.29, 1.82) is 0 Å².